The lowest BCUT2D eigenvalue weighted by molar-refractivity contribution is -0.144. The minimum Gasteiger partial charge on any atom is -0.503 e. The third kappa shape index (κ3) is 5.09. The van der Waals surface area contributed by atoms with Crippen LogP contribution in [0, 0.1) is 17.8 Å². The quantitative estimate of drug-likeness (QED) is 0.213. The molecule has 238 valence electrons. The van der Waals surface area contributed by atoms with Crippen molar-refractivity contribution in [1.82, 2.24) is 9.80 Å². The number of halogens is 3. The largest absolute Gasteiger partial charge is 0.503 e. The van der Waals surface area contributed by atoms with Gasteiger partial charge in [-0.2, -0.15) is 0 Å². The molecule has 4 atom stereocenters. The highest BCUT2D eigenvalue weighted by atomic mass is 79.9. The van der Waals surface area contributed by atoms with Gasteiger partial charge in [-0.3, -0.25) is 29.0 Å². The van der Waals surface area contributed by atoms with E-state index in [9.17, 15) is 24.3 Å². The van der Waals surface area contributed by atoms with Gasteiger partial charge in [0.15, 0.2) is 23.1 Å². The predicted molar refractivity (Wildman–Crippen MR) is 181 cm³/mol. The number of ether oxygens (including phenoxy) is 1. The Kier molecular flexibility index (Phi) is 8.48. The Hall–Kier alpha value is -2.86. The monoisotopic (exact) mass is 812 g/mol. The maximum Gasteiger partial charge on any atom is 0.233 e. The van der Waals surface area contributed by atoms with Gasteiger partial charge in [-0.25, -0.2) is 0 Å². The number of hydrogen-bond donors (Lipinski definition) is 1. The summed E-state index contributed by atoms with van der Waals surface area (Å²) < 4.78 is 6.49. The van der Waals surface area contributed by atoms with Crippen molar-refractivity contribution in [2.45, 2.75) is 44.2 Å². The van der Waals surface area contributed by atoms with Gasteiger partial charge in [0.2, 0.25) is 11.8 Å². The Morgan fingerprint density at radius 3 is 2.37 bits per heavy atom. The normalized spacial score (nSPS) is 26.9. The molecular weight excluding hydrogens is 784 g/mol. The number of carbonyl (C=O) groups is 4. The van der Waals surface area contributed by atoms with Gasteiger partial charge in [-0.15, -0.1) is 0 Å². The Bertz CT molecular complexity index is 1780. The van der Waals surface area contributed by atoms with E-state index >= 15 is 0 Å². The van der Waals surface area contributed by atoms with Gasteiger partial charge in [-0.1, -0.05) is 42.0 Å². The number of ketones is 2. The molecule has 4 unspecified atom stereocenters. The van der Waals surface area contributed by atoms with E-state index in [-0.39, 0.29) is 51.8 Å². The van der Waals surface area contributed by atoms with Crippen LogP contribution in [0.15, 0.2) is 78.7 Å². The number of allylic oxidation sites excluding steroid dienone is 6. The van der Waals surface area contributed by atoms with Crippen LogP contribution in [-0.4, -0.2) is 64.5 Å². The summed E-state index contributed by atoms with van der Waals surface area (Å²) in [5, 5.41) is 10.7. The Labute approximate surface area is 291 Å². The van der Waals surface area contributed by atoms with Crippen molar-refractivity contribution in [3.8, 4) is 11.5 Å². The first-order valence-electron chi connectivity index (χ1n) is 15.4. The van der Waals surface area contributed by atoms with Crippen LogP contribution in [0.1, 0.15) is 42.7 Å². The molecule has 2 fully saturated rings. The van der Waals surface area contributed by atoms with Gasteiger partial charge in [0.25, 0.3) is 0 Å². The maximum atomic E-state index is 14.4. The lowest BCUT2D eigenvalue weighted by atomic mass is 9.59. The van der Waals surface area contributed by atoms with Crippen molar-refractivity contribution in [2.75, 3.05) is 20.2 Å². The highest BCUT2D eigenvalue weighted by molar-refractivity contribution is 9.13. The van der Waals surface area contributed by atoms with Crippen molar-refractivity contribution < 1.29 is 29.0 Å². The number of piperidine rings is 1. The van der Waals surface area contributed by atoms with Crippen LogP contribution in [0.4, 0.5) is 0 Å². The van der Waals surface area contributed by atoms with E-state index in [1.54, 1.807) is 6.07 Å². The summed E-state index contributed by atoms with van der Waals surface area (Å²) in [5.74, 6) is -3.05. The van der Waals surface area contributed by atoms with Crippen LogP contribution in [0.3, 0.4) is 0 Å². The minimum absolute atomic E-state index is 0.104. The standard InChI is InChI=1S/C35H31Br3N2O6/c1-46-26-14-22(30(37)31(38)33(26)43)27-19-7-8-20-28(21(19)13-23-29(27)25(41)15-24(36)32(23)42)35(45)40(34(20)44)18-9-11-39(12-10-18)16-17-5-3-2-4-6-17/h2-7,14-15,18,20-21,27-28,43H,8-13,16H2,1H3. The molecule has 5 aliphatic rings. The highest BCUT2D eigenvalue weighted by Crippen LogP contribution is 2.58. The van der Waals surface area contributed by atoms with Gasteiger partial charge in [0.1, 0.15) is 0 Å². The molecule has 0 saturated carbocycles. The fraction of sp³-hybridized carbons (Fsp3) is 0.371. The summed E-state index contributed by atoms with van der Waals surface area (Å²) in [7, 11) is 1.44. The average Bonchev–Trinajstić information content (AvgIpc) is 3.32. The topological polar surface area (TPSA) is 104 Å². The number of methoxy groups -OCH3 is 1. The van der Waals surface area contributed by atoms with Gasteiger partial charge >= 0.3 is 0 Å². The van der Waals surface area contributed by atoms with E-state index in [1.165, 1.54) is 23.6 Å². The van der Waals surface area contributed by atoms with Gasteiger partial charge < -0.3 is 9.84 Å². The van der Waals surface area contributed by atoms with E-state index in [0.717, 1.165) is 25.2 Å². The van der Waals surface area contributed by atoms with Gasteiger partial charge in [0, 0.05) is 53.3 Å². The fourth-order valence-electron chi connectivity index (χ4n) is 8.10. The van der Waals surface area contributed by atoms with E-state index < -0.39 is 23.7 Å². The van der Waals surface area contributed by atoms with E-state index in [2.05, 4.69) is 64.8 Å². The summed E-state index contributed by atoms with van der Waals surface area (Å²) in [6.07, 6.45) is 5.30. The fourth-order valence-corrected chi connectivity index (χ4v) is 9.50. The number of phenols is 1. The number of imide groups is 1. The van der Waals surface area contributed by atoms with E-state index in [0.29, 0.717) is 44.9 Å². The lowest BCUT2D eigenvalue weighted by Crippen LogP contribution is -2.47. The van der Waals surface area contributed by atoms with Crippen LogP contribution < -0.4 is 4.74 Å². The molecule has 2 amide bonds. The predicted octanol–water partition coefficient (Wildman–Crippen LogP) is 6.35. The second-order valence-electron chi connectivity index (χ2n) is 12.6. The number of hydrogen-bond acceptors (Lipinski definition) is 7. The van der Waals surface area contributed by atoms with Crippen molar-refractivity contribution >= 4 is 71.2 Å². The molecule has 3 aliphatic carbocycles. The first kappa shape index (κ1) is 31.7. The number of nitrogens with zero attached hydrogens (tertiary/aromatic N) is 2. The van der Waals surface area contributed by atoms with Crippen LogP contribution in [0.25, 0.3) is 0 Å². The summed E-state index contributed by atoms with van der Waals surface area (Å²) in [6.45, 7) is 2.42. The molecule has 2 saturated heterocycles. The SMILES string of the molecule is COc1cc(C2C3=CCC4C(=O)N(C5CCN(Cc6ccccc6)CC5)C(=O)C4C3CC3=C2C(=O)C=C(Br)C3=O)c(Br)c(Br)c1O. The molecule has 46 heavy (non-hydrogen) atoms. The van der Waals surface area contributed by atoms with Crippen LogP contribution >= 0.6 is 47.8 Å². The van der Waals surface area contributed by atoms with Gasteiger partial charge in [0.05, 0.1) is 27.9 Å². The number of amides is 2. The first-order valence-corrected chi connectivity index (χ1v) is 17.8. The molecule has 2 aromatic carbocycles. The molecule has 2 aliphatic heterocycles. The molecule has 0 spiro atoms. The van der Waals surface area contributed by atoms with Crippen LogP contribution in [-0.2, 0) is 25.7 Å². The Morgan fingerprint density at radius 1 is 0.957 bits per heavy atom. The summed E-state index contributed by atoms with van der Waals surface area (Å²) >= 11 is 10.3. The zero-order valence-corrected chi connectivity index (χ0v) is 29.7. The lowest BCUT2D eigenvalue weighted by Gasteiger charge is -2.42. The van der Waals surface area contributed by atoms with E-state index in [4.69, 9.17) is 4.74 Å². The molecule has 0 radical (unpaired) electrons. The number of fused-ring (bicyclic) bond motifs is 3. The Morgan fingerprint density at radius 2 is 1.67 bits per heavy atom. The van der Waals surface area contributed by atoms with Crippen molar-refractivity contribution in [3.63, 3.8) is 0 Å². The molecule has 7 rings (SSSR count). The average molecular weight is 815 g/mol. The Balaban J connectivity index is 1.23. The summed E-state index contributed by atoms with van der Waals surface area (Å²) in [6, 6.07) is 11.8. The number of benzene rings is 2. The minimum atomic E-state index is -0.679. The number of phenolic OH excluding ortho intramolecular Hbond substituents is 1. The number of aromatic hydroxyl groups is 1. The van der Waals surface area contributed by atoms with Crippen molar-refractivity contribution in [1.29, 1.82) is 0 Å². The maximum absolute atomic E-state index is 14.4. The number of carbonyl (C=O) groups excluding carboxylic acids is 4. The molecule has 8 nitrogen and oxygen atoms in total. The number of likely N-dealkylation sites (tertiary alicyclic amines) is 2. The van der Waals surface area contributed by atoms with Crippen LogP contribution in [0.5, 0.6) is 11.5 Å². The van der Waals surface area contributed by atoms with Crippen LogP contribution in [0.2, 0.25) is 0 Å². The molecule has 11 heteroatoms. The summed E-state index contributed by atoms with van der Waals surface area (Å²) in [5.41, 5.74) is 3.41. The highest BCUT2D eigenvalue weighted by Gasteiger charge is 2.57. The second-order valence-corrected chi connectivity index (χ2v) is 15.0. The molecule has 1 N–H and O–H groups in total. The number of Topliss-reactive ketones (excluding diaryl/α,β-unsaturated/α-hetero) is 1. The second kappa shape index (κ2) is 12.3. The molecule has 0 bridgehead atoms. The molecule has 2 aromatic rings. The first-order chi connectivity index (χ1) is 22.1. The molecular formula is C35H31Br3N2O6. The zero-order chi connectivity index (χ0) is 32.4. The summed E-state index contributed by atoms with van der Waals surface area (Å²) in [4.78, 5) is 59.5. The molecule has 2 heterocycles. The molecule has 0 aromatic heterocycles. The third-order valence-corrected chi connectivity index (χ3v) is 13.0. The zero-order valence-electron chi connectivity index (χ0n) is 25.0. The van der Waals surface area contributed by atoms with Crippen molar-refractivity contribution in [2.24, 2.45) is 17.8 Å². The van der Waals surface area contributed by atoms with Gasteiger partial charge in [-0.05, 0) is 96.6 Å². The van der Waals surface area contributed by atoms with E-state index in [1.807, 2.05) is 24.3 Å². The third-order valence-electron chi connectivity index (χ3n) is 10.2. The smallest absolute Gasteiger partial charge is 0.233 e. The van der Waals surface area contributed by atoms with Crippen molar-refractivity contribution in [3.05, 3.63) is 89.8 Å². The number of rotatable bonds is 5.